The van der Waals surface area contributed by atoms with E-state index < -0.39 is 17.7 Å². The molecule has 1 aromatic rings. The van der Waals surface area contributed by atoms with Crippen LogP contribution in [0, 0.1) is 12.3 Å². The Morgan fingerprint density at radius 3 is 2.39 bits per heavy atom. The summed E-state index contributed by atoms with van der Waals surface area (Å²) in [6.07, 6.45) is 6.11. The van der Waals surface area contributed by atoms with Gasteiger partial charge in [0.25, 0.3) is 0 Å². The van der Waals surface area contributed by atoms with Crippen molar-refractivity contribution in [2.45, 2.75) is 51.8 Å². The van der Waals surface area contributed by atoms with E-state index in [1.54, 1.807) is 6.92 Å². The van der Waals surface area contributed by atoms with Crippen molar-refractivity contribution in [2.75, 3.05) is 0 Å². The summed E-state index contributed by atoms with van der Waals surface area (Å²) >= 11 is 0. The molecule has 5 nitrogen and oxygen atoms in total. The van der Waals surface area contributed by atoms with Gasteiger partial charge in [-0.1, -0.05) is 50.1 Å². The molecule has 0 spiro atoms. The van der Waals surface area contributed by atoms with Crippen LogP contribution in [-0.4, -0.2) is 23.6 Å². The van der Waals surface area contributed by atoms with Crippen LogP contribution in [0.25, 0.3) is 0 Å². The van der Waals surface area contributed by atoms with Crippen molar-refractivity contribution in [3.05, 3.63) is 35.9 Å². The number of hydrogen-bond donors (Lipinski definition) is 2. The molecule has 0 unspecified atom stereocenters. The van der Waals surface area contributed by atoms with Crippen molar-refractivity contribution in [1.29, 1.82) is 0 Å². The quantitative estimate of drug-likeness (QED) is 0.760. The Hall–Kier alpha value is -2.48. The third-order valence-corrected chi connectivity index (χ3v) is 3.79. The molecule has 1 aromatic carbocycles. The highest BCUT2D eigenvalue weighted by molar-refractivity contribution is 5.86. The maximum absolute atomic E-state index is 12.2. The largest absolute Gasteiger partial charge is 0.445 e. The van der Waals surface area contributed by atoms with Crippen LogP contribution >= 0.6 is 0 Å². The summed E-state index contributed by atoms with van der Waals surface area (Å²) in [7, 11) is 0. The van der Waals surface area contributed by atoms with Gasteiger partial charge in [0.15, 0.2) is 0 Å². The molecule has 0 heterocycles. The minimum Gasteiger partial charge on any atom is -0.445 e. The Morgan fingerprint density at radius 1 is 1.26 bits per heavy atom. The number of alkyl carbamates (subject to hydrolysis) is 1. The van der Waals surface area contributed by atoms with E-state index >= 15 is 0 Å². The normalized spacial score (nSPS) is 11.9. The predicted octanol–water partition coefficient (Wildman–Crippen LogP) is 2.61. The third kappa shape index (κ3) is 5.67. The average molecular weight is 316 g/mol. The molecule has 124 valence electrons. The van der Waals surface area contributed by atoms with E-state index in [9.17, 15) is 9.59 Å². The molecular formula is C18H24N2O3. The van der Waals surface area contributed by atoms with Crippen LogP contribution in [0.5, 0.6) is 0 Å². The monoisotopic (exact) mass is 316 g/mol. The first kappa shape index (κ1) is 18.6. The maximum Gasteiger partial charge on any atom is 0.408 e. The van der Waals surface area contributed by atoms with Gasteiger partial charge >= 0.3 is 6.09 Å². The average Bonchev–Trinajstić information content (AvgIpc) is 2.58. The number of nitrogens with one attached hydrogen (secondary N) is 2. The molecule has 1 atom stereocenters. The zero-order chi connectivity index (χ0) is 17.3. The van der Waals surface area contributed by atoms with Gasteiger partial charge in [0.2, 0.25) is 5.91 Å². The lowest BCUT2D eigenvalue weighted by molar-refractivity contribution is -0.124. The molecule has 1 rings (SSSR count). The van der Waals surface area contributed by atoms with Crippen LogP contribution in [-0.2, 0) is 16.1 Å². The fourth-order valence-electron chi connectivity index (χ4n) is 2.02. The Kier molecular flexibility index (Phi) is 7.14. The van der Waals surface area contributed by atoms with Crippen molar-refractivity contribution in [3.8, 4) is 12.3 Å². The van der Waals surface area contributed by atoms with Crippen LogP contribution in [0.4, 0.5) is 4.79 Å². The lowest BCUT2D eigenvalue weighted by atomic mass is 9.93. The fraction of sp³-hybridized carbons (Fsp3) is 0.444. The summed E-state index contributed by atoms with van der Waals surface area (Å²) < 4.78 is 5.09. The Balaban J connectivity index is 2.48. The maximum atomic E-state index is 12.2. The zero-order valence-corrected chi connectivity index (χ0v) is 13.9. The standard InChI is InChI=1S/C18H24N2O3/c1-5-18(6-2,7-3)20-16(21)14(4)19-17(22)23-13-15-11-9-8-10-12-15/h1,8-12,14H,6-7,13H2,2-4H3,(H,19,22)(H,20,21)/t14-/m0/s1. The molecule has 0 saturated heterocycles. The smallest absolute Gasteiger partial charge is 0.408 e. The van der Waals surface area contributed by atoms with Gasteiger partial charge in [0.05, 0.1) is 0 Å². The third-order valence-electron chi connectivity index (χ3n) is 3.79. The van der Waals surface area contributed by atoms with E-state index in [0.29, 0.717) is 12.8 Å². The van der Waals surface area contributed by atoms with Crippen molar-refractivity contribution in [2.24, 2.45) is 0 Å². The van der Waals surface area contributed by atoms with Gasteiger partial charge in [-0.25, -0.2) is 4.79 Å². The van der Waals surface area contributed by atoms with Gasteiger partial charge in [0.1, 0.15) is 18.2 Å². The highest BCUT2D eigenvalue weighted by atomic mass is 16.5. The first-order valence-electron chi connectivity index (χ1n) is 7.73. The van der Waals surface area contributed by atoms with Gasteiger partial charge in [-0.3, -0.25) is 4.79 Å². The Bertz CT molecular complexity index is 559. The van der Waals surface area contributed by atoms with Crippen molar-refractivity contribution in [3.63, 3.8) is 0 Å². The Morgan fingerprint density at radius 2 is 1.87 bits per heavy atom. The van der Waals surface area contributed by atoms with E-state index in [2.05, 4.69) is 16.6 Å². The minimum atomic E-state index is -0.732. The van der Waals surface area contributed by atoms with E-state index in [4.69, 9.17) is 11.2 Å². The molecule has 2 amide bonds. The van der Waals surface area contributed by atoms with Gasteiger partial charge in [-0.15, -0.1) is 6.42 Å². The number of hydrogen-bond acceptors (Lipinski definition) is 3. The van der Waals surface area contributed by atoms with E-state index in [0.717, 1.165) is 5.56 Å². The fourth-order valence-corrected chi connectivity index (χ4v) is 2.02. The van der Waals surface area contributed by atoms with E-state index in [1.165, 1.54) is 0 Å². The molecule has 0 aromatic heterocycles. The molecule has 0 aliphatic rings. The van der Waals surface area contributed by atoms with Gasteiger partial charge < -0.3 is 15.4 Å². The highest BCUT2D eigenvalue weighted by Gasteiger charge is 2.28. The van der Waals surface area contributed by atoms with Gasteiger partial charge in [-0.2, -0.15) is 0 Å². The topological polar surface area (TPSA) is 67.4 Å². The molecule has 2 N–H and O–H groups in total. The van der Waals surface area contributed by atoms with Crippen molar-refractivity contribution in [1.82, 2.24) is 10.6 Å². The summed E-state index contributed by atoms with van der Waals surface area (Å²) in [5.41, 5.74) is 0.198. The predicted molar refractivity (Wildman–Crippen MR) is 89.5 cm³/mol. The van der Waals surface area contributed by atoms with Crippen LogP contribution in [0.1, 0.15) is 39.2 Å². The summed E-state index contributed by atoms with van der Waals surface area (Å²) in [4.78, 5) is 23.9. The second-order valence-electron chi connectivity index (χ2n) is 5.35. The molecule has 0 saturated carbocycles. The second-order valence-corrected chi connectivity index (χ2v) is 5.35. The molecule has 5 heteroatoms. The van der Waals surface area contributed by atoms with E-state index in [-0.39, 0.29) is 12.5 Å². The molecule has 0 bridgehead atoms. The lowest BCUT2D eigenvalue weighted by Crippen LogP contribution is -2.53. The SMILES string of the molecule is C#CC(CC)(CC)NC(=O)[C@H](C)NC(=O)OCc1ccccc1. The molecule has 0 radical (unpaired) electrons. The van der Waals surface area contributed by atoms with Gasteiger partial charge in [0, 0.05) is 0 Å². The number of rotatable bonds is 7. The first-order valence-corrected chi connectivity index (χ1v) is 7.73. The first-order chi connectivity index (χ1) is 11.0. The van der Waals surface area contributed by atoms with Crippen LogP contribution in [0.15, 0.2) is 30.3 Å². The minimum absolute atomic E-state index is 0.152. The summed E-state index contributed by atoms with van der Waals surface area (Å²) in [5.74, 6) is 2.29. The number of carbonyl (C=O) groups is 2. The zero-order valence-electron chi connectivity index (χ0n) is 13.9. The van der Waals surface area contributed by atoms with Gasteiger partial charge in [-0.05, 0) is 25.3 Å². The molecule has 0 fully saturated rings. The lowest BCUT2D eigenvalue weighted by Gasteiger charge is -2.28. The highest BCUT2D eigenvalue weighted by Crippen LogP contribution is 2.13. The van der Waals surface area contributed by atoms with Crippen LogP contribution < -0.4 is 10.6 Å². The van der Waals surface area contributed by atoms with Crippen molar-refractivity contribution >= 4 is 12.0 Å². The number of carbonyl (C=O) groups excluding carboxylic acids is 2. The number of ether oxygens (including phenoxy) is 1. The number of amides is 2. The number of terminal acetylenes is 1. The van der Waals surface area contributed by atoms with Crippen LogP contribution in [0.3, 0.4) is 0 Å². The summed E-state index contributed by atoms with van der Waals surface area (Å²) in [6.45, 7) is 5.57. The Labute approximate surface area is 137 Å². The van der Waals surface area contributed by atoms with Crippen LogP contribution in [0.2, 0.25) is 0 Å². The van der Waals surface area contributed by atoms with Crippen molar-refractivity contribution < 1.29 is 14.3 Å². The number of benzene rings is 1. The van der Waals surface area contributed by atoms with E-state index in [1.807, 2.05) is 44.2 Å². The molecule has 0 aliphatic carbocycles. The molecule has 0 aliphatic heterocycles. The summed E-state index contributed by atoms with van der Waals surface area (Å²) in [5, 5.41) is 5.32. The molecular weight excluding hydrogens is 292 g/mol. The summed E-state index contributed by atoms with van der Waals surface area (Å²) in [6, 6.07) is 8.59. The second kappa shape index (κ2) is 8.84. The molecule has 23 heavy (non-hydrogen) atoms.